The Kier molecular flexibility index (Phi) is 4.80. The molecule has 1 aromatic heterocycles. The van der Waals surface area contributed by atoms with Crippen LogP contribution in [0.2, 0.25) is 0 Å². The minimum atomic E-state index is -0.411. The number of amides is 2. The Hall–Kier alpha value is -3.25. The van der Waals surface area contributed by atoms with Crippen molar-refractivity contribution in [1.82, 2.24) is 4.98 Å². The van der Waals surface area contributed by atoms with Gasteiger partial charge in [0.25, 0.3) is 11.8 Å². The van der Waals surface area contributed by atoms with Crippen molar-refractivity contribution in [2.45, 2.75) is 18.9 Å². The lowest BCUT2D eigenvalue weighted by Crippen LogP contribution is -2.27. The minimum absolute atomic E-state index is 0.176. The Labute approximate surface area is 156 Å². The maximum atomic E-state index is 12.7. The second-order valence-corrected chi connectivity index (χ2v) is 6.40. The summed E-state index contributed by atoms with van der Waals surface area (Å²) in [4.78, 5) is 29.2. The molecular weight excluding hydrogens is 342 g/mol. The Morgan fingerprint density at radius 1 is 1.04 bits per heavy atom. The van der Waals surface area contributed by atoms with Crippen molar-refractivity contribution in [2.24, 2.45) is 0 Å². The number of hydrogen-bond donors (Lipinski definition) is 2. The van der Waals surface area contributed by atoms with E-state index in [4.69, 9.17) is 4.74 Å². The maximum absolute atomic E-state index is 12.7. The summed E-state index contributed by atoms with van der Waals surface area (Å²) in [6.45, 7) is 0.612. The first-order chi connectivity index (χ1) is 13.2. The van der Waals surface area contributed by atoms with Crippen LogP contribution in [0.3, 0.4) is 0 Å². The first kappa shape index (κ1) is 17.2. The Bertz CT molecular complexity index is 991. The molecule has 2 N–H and O–H groups in total. The summed E-state index contributed by atoms with van der Waals surface area (Å²) < 4.78 is 5.39. The van der Waals surface area contributed by atoms with Crippen LogP contribution < -0.4 is 10.6 Å². The van der Waals surface area contributed by atoms with Gasteiger partial charge in [-0.3, -0.25) is 14.6 Å². The quantitative estimate of drug-likeness (QED) is 0.744. The molecular formula is C21H19N3O3. The highest BCUT2D eigenvalue weighted by Crippen LogP contribution is 2.22. The number of rotatable bonds is 4. The molecule has 1 aliphatic heterocycles. The predicted octanol–water partition coefficient (Wildman–Crippen LogP) is 3.60. The zero-order valence-electron chi connectivity index (χ0n) is 14.6. The number of ether oxygens (including phenoxy) is 1. The van der Waals surface area contributed by atoms with Gasteiger partial charge in [-0.25, -0.2) is 0 Å². The van der Waals surface area contributed by atoms with Crippen molar-refractivity contribution in [3.63, 3.8) is 0 Å². The summed E-state index contributed by atoms with van der Waals surface area (Å²) in [5.41, 5.74) is 2.54. The second kappa shape index (κ2) is 7.55. The third kappa shape index (κ3) is 3.80. The summed E-state index contributed by atoms with van der Waals surface area (Å²) in [7, 11) is 0. The number of fused-ring (bicyclic) bond motifs is 1. The molecule has 1 aliphatic rings. The zero-order valence-corrected chi connectivity index (χ0v) is 14.6. The molecule has 6 nitrogen and oxygen atoms in total. The van der Waals surface area contributed by atoms with Gasteiger partial charge in [-0.1, -0.05) is 12.1 Å². The van der Waals surface area contributed by atoms with Crippen LogP contribution in [0.15, 0.2) is 60.8 Å². The van der Waals surface area contributed by atoms with E-state index in [1.807, 2.05) is 30.3 Å². The van der Waals surface area contributed by atoms with E-state index in [1.165, 1.54) is 0 Å². The van der Waals surface area contributed by atoms with Crippen molar-refractivity contribution < 1.29 is 14.3 Å². The lowest BCUT2D eigenvalue weighted by molar-refractivity contribution is -0.124. The highest BCUT2D eigenvalue weighted by molar-refractivity contribution is 6.09. The first-order valence-electron chi connectivity index (χ1n) is 8.88. The van der Waals surface area contributed by atoms with E-state index in [2.05, 4.69) is 15.6 Å². The monoisotopic (exact) mass is 361 g/mol. The van der Waals surface area contributed by atoms with Crippen molar-refractivity contribution in [2.75, 3.05) is 17.2 Å². The standard InChI is InChI=1S/C21H19N3O3/c25-20(24-18-9-2-8-17-16(18)7-3-11-22-17)14-5-1-6-15(13-14)23-21(26)19-10-4-12-27-19/h1-3,5-9,11,13,19H,4,10,12H2,(H,23,26)(H,24,25)/t19-/m1/s1. The van der Waals surface area contributed by atoms with Gasteiger partial charge in [-0.2, -0.15) is 0 Å². The summed E-state index contributed by atoms with van der Waals surface area (Å²) in [5.74, 6) is -0.426. The van der Waals surface area contributed by atoms with Crippen LogP contribution in [0.25, 0.3) is 10.9 Å². The second-order valence-electron chi connectivity index (χ2n) is 6.40. The van der Waals surface area contributed by atoms with Crippen molar-refractivity contribution in [1.29, 1.82) is 0 Å². The van der Waals surface area contributed by atoms with E-state index in [9.17, 15) is 9.59 Å². The van der Waals surface area contributed by atoms with Crippen molar-refractivity contribution in [3.05, 3.63) is 66.4 Å². The maximum Gasteiger partial charge on any atom is 0.255 e. The van der Waals surface area contributed by atoms with Crippen LogP contribution in [0.5, 0.6) is 0 Å². The van der Waals surface area contributed by atoms with Gasteiger partial charge in [0.15, 0.2) is 0 Å². The van der Waals surface area contributed by atoms with Gasteiger partial charge in [0.1, 0.15) is 6.10 Å². The van der Waals surface area contributed by atoms with E-state index in [1.54, 1.807) is 30.5 Å². The predicted molar refractivity (Wildman–Crippen MR) is 104 cm³/mol. The molecule has 0 spiro atoms. The van der Waals surface area contributed by atoms with Crippen molar-refractivity contribution >= 4 is 34.1 Å². The van der Waals surface area contributed by atoms with Crippen LogP contribution in [-0.2, 0) is 9.53 Å². The number of nitrogens with one attached hydrogen (secondary N) is 2. The summed E-state index contributed by atoms with van der Waals surface area (Å²) >= 11 is 0. The molecule has 2 heterocycles. The van der Waals surface area contributed by atoms with Crippen LogP contribution >= 0.6 is 0 Å². The number of nitrogens with zero attached hydrogens (tertiary/aromatic N) is 1. The molecule has 6 heteroatoms. The topological polar surface area (TPSA) is 80.3 Å². The van der Waals surface area contributed by atoms with Gasteiger partial charge in [0.2, 0.25) is 0 Å². The Morgan fingerprint density at radius 2 is 1.93 bits per heavy atom. The van der Waals surface area contributed by atoms with Gasteiger partial charge in [-0.15, -0.1) is 0 Å². The van der Waals surface area contributed by atoms with E-state index in [0.717, 1.165) is 23.7 Å². The Balaban J connectivity index is 1.51. The number of hydrogen-bond acceptors (Lipinski definition) is 4. The van der Waals surface area contributed by atoms with Crippen LogP contribution in [0.4, 0.5) is 11.4 Å². The third-order valence-corrected chi connectivity index (χ3v) is 4.51. The number of carbonyl (C=O) groups is 2. The average Bonchev–Trinajstić information content (AvgIpc) is 3.23. The molecule has 3 aromatic rings. The molecule has 1 saturated heterocycles. The highest BCUT2D eigenvalue weighted by atomic mass is 16.5. The number of pyridine rings is 1. The molecule has 2 aromatic carbocycles. The Morgan fingerprint density at radius 3 is 2.78 bits per heavy atom. The fourth-order valence-electron chi connectivity index (χ4n) is 3.15. The lowest BCUT2D eigenvalue weighted by atomic mass is 10.1. The largest absolute Gasteiger partial charge is 0.368 e. The lowest BCUT2D eigenvalue weighted by Gasteiger charge is -2.12. The van der Waals surface area contributed by atoms with Crippen molar-refractivity contribution in [3.8, 4) is 0 Å². The number of carbonyl (C=O) groups excluding carboxylic acids is 2. The normalized spacial score (nSPS) is 16.2. The molecule has 0 bridgehead atoms. The van der Waals surface area contributed by atoms with Gasteiger partial charge < -0.3 is 15.4 Å². The summed E-state index contributed by atoms with van der Waals surface area (Å²) in [5, 5.41) is 6.61. The van der Waals surface area contributed by atoms with Gasteiger partial charge >= 0.3 is 0 Å². The van der Waals surface area contributed by atoms with E-state index in [-0.39, 0.29) is 11.8 Å². The van der Waals surface area contributed by atoms with E-state index < -0.39 is 6.10 Å². The van der Waals surface area contributed by atoms with Crippen LogP contribution in [-0.4, -0.2) is 29.5 Å². The third-order valence-electron chi connectivity index (χ3n) is 4.51. The fraction of sp³-hybridized carbons (Fsp3) is 0.190. The smallest absolute Gasteiger partial charge is 0.255 e. The van der Waals surface area contributed by atoms with Crippen LogP contribution in [0, 0.1) is 0 Å². The first-order valence-corrected chi connectivity index (χ1v) is 8.88. The number of aromatic nitrogens is 1. The van der Waals surface area contributed by atoms with Gasteiger partial charge in [0, 0.05) is 29.4 Å². The molecule has 0 aliphatic carbocycles. The molecule has 1 atom stereocenters. The molecule has 136 valence electrons. The molecule has 0 radical (unpaired) electrons. The number of benzene rings is 2. The summed E-state index contributed by atoms with van der Waals surface area (Å²) in [6.07, 6.45) is 2.92. The molecule has 0 saturated carbocycles. The van der Waals surface area contributed by atoms with Gasteiger partial charge in [0.05, 0.1) is 11.2 Å². The molecule has 27 heavy (non-hydrogen) atoms. The SMILES string of the molecule is O=C(Nc1cccc2ncccc12)c1cccc(NC(=O)[C@H]2CCCO2)c1. The molecule has 1 fully saturated rings. The molecule has 2 amide bonds. The highest BCUT2D eigenvalue weighted by Gasteiger charge is 2.23. The van der Waals surface area contributed by atoms with Gasteiger partial charge in [-0.05, 0) is 55.3 Å². The molecule has 4 rings (SSSR count). The minimum Gasteiger partial charge on any atom is -0.368 e. The van der Waals surface area contributed by atoms with E-state index in [0.29, 0.717) is 23.5 Å². The average molecular weight is 361 g/mol. The zero-order chi connectivity index (χ0) is 18.6. The number of anilines is 2. The van der Waals surface area contributed by atoms with E-state index >= 15 is 0 Å². The fourth-order valence-corrected chi connectivity index (χ4v) is 3.15. The summed E-state index contributed by atoms with van der Waals surface area (Å²) in [6, 6.07) is 16.2. The van der Waals surface area contributed by atoms with Crippen LogP contribution in [0.1, 0.15) is 23.2 Å². The molecule has 0 unspecified atom stereocenters.